The van der Waals surface area contributed by atoms with Crippen LogP contribution < -0.4 is 5.32 Å². The van der Waals surface area contributed by atoms with E-state index in [-0.39, 0.29) is 5.54 Å². The molecule has 0 aliphatic rings. The molecule has 0 amide bonds. The minimum absolute atomic E-state index is 0.0104. The number of rotatable bonds is 6. The van der Waals surface area contributed by atoms with Crippen LogP contribution in [0.2, 0.25) is 0 Å². The van der Waals surface area contributed by atoms with Crippen LogP contribution in [0.15, 0.2) is 0 Å². The zero-order chi connectivity index (χ0) is 8.74. The molecule has 0 rings (SSSR count). The maximum absolute atomic E-state index is 5.10. The van der Waals surface area contributed by atoms with Gasteiger partial charge in [0, 0.05) is 14.2 Å². The Balaban J connectivity index is 3.96. The fourth-order valence-electron chi connectivity index (χ4n) is 1.12. The van der Waals surface area contributed by atoms with Crippen molar-refractivity contribution in [1.82, 2.24) is 5.32 Å². The van der Waals surface area contributed by atoms with Crippen molar-refractivity contribution < 1.29 is 9.47 Å². The fourth-order valence-corrected chi connectivity index (χ4v) is 1.12. The van der Waals surface area contributed by atoms with Gasteiger partial charge in [0.15, 0.2) is 0 Å². The monoisotopic (exact) mass is 161 g/mol. The molecule has 0 aliphatic heterocycles. The molecule has 11 heavy (non-hydrogen) atoms. The molecule has 0 spiro atoms. The van der Waals surface area contributed by atoms with Crippen molar-refractivity contribution in [3.05, 3.63) is 0 Å². The first-order chi connectivity index (χ1) is 5.24. The van der Waals surface area contributed by atoms with Crippen LogP contribution in [0, 0.1) is 0 Å². The van der Waals surface area contributed by atoms with Crippen molar-refractivity contribution in [3.63, 3.8) is 0 Å². The van der Waals surface area contributed by atoms with E-state index >= 15 is 0 Å². The second-order valence-electron chi connectivity index (χ2n) is 2.75. The third-order valence-electron chi connectivity index (χ3n) is 2.05. The van der Waals surface area contributed by atoms with Crippen LogP contribution in [0.5, 0.6) is 0 Å². The van der Waals surface area contributed by atoms with Crippen LogP contribution in [-0.4, -0.2) is 40.0 Å². The number of methoxy groups -OCH3 is 2. The minimum atomic E-state index is -0.0104. The average Bonchev–Trinajstić information content (AvgIpc) is 2.04. The molecule has 0 bridgehead atoms. The molecule has 0 unspecified atom stereocenters. The lowest BCUT2D eigenvalue weighted by atomic mass is 9.99. The summed E-state index contributed by atoms with van der Waals surface area (Å²) in [4.78, 5) is 0. The summed E-state index contributed by atoms with van der Waals surface area (Å²) < 4.78 is 10.2. The first-order valence-electron chi connectivity index (χ1n) is 3.91. The third kappa shape index (κ3) is 3.18. The first-order valence-corrected chi connectivity index (χ1v) is 3.91. The predicted octanol–water partition coefficient (Wildman–Crippen LogP) is 0.647. The lowest BCUT2D eigenvalue weighted by Crippen LogP contribution is -2.50. The normalized spacial score (nSPS) is 12.0. The number of hydrogen-bond acceptors (Lipinski definition) is 3. The molecule has 0 aromatic rings. The maximum atomic E-state index is 5.10. The minimum Gasteiger partial charge on any atom is -0.383 e. The Labute approximate surface area is 69.1 Å². The van der Waals surface area contributed by atoms with E-state index < -0.39 is 0 Å². The summed E-state index contributed by atoms with van der Waals surface area (Å²) in [5, 5.41) is 3.22. The van der Waals surface area contributed by atoms with Crippen LogP contribution in [0.4, 0.5) is 0 Å². The molecule has 0 heterocycles. The molecule has 0 aromatic heterocycles. The summed E-state index contributed by atoms with van der Waals surface area (Å²) in [5.74, 6) is 0. The van der Waals surface area contributed by atoms with Gasteiger partial charge in [-0.2, -0.15) is 0 Å². The summed E-state index contributed by atoms with van der Waals surface area (Å²) in [6, 6.07) is 0. The smallest absolute Gasteiger partial charge is 0.0666 e. The molecule has 3 heteroatoms. The summed E-state index contributed by atoms with van der Waals surface area (Å²) in [5.41, 5.74) is -0.0104. The van der Waals surface area contributed by atoms with Crippen molar-refractivity contribution in [2.75, 3.05) is 34.5 Å². The van der Waals surface area contributed by atoms with Gasteiger partial charge in [0.1, 0.15) is 0 Å². The quantitative estimate of drug-likeness (QED) is 0.620. The Bertz CT molecular complexity index is 84.1. The van der Waals surface area contributed by atoms with Gasteiger partial charge in [0.25, 0.3) is 0 Å². The van der Waals surface area contributed by atoms with Crippen LogP contribution >= 0.6 is 0 Å². The average molecular weight is 161 g/mol. The van der Waals surface area contributed by atoms with Gasteiger partial charge in [-0.3, -0.25) is 0 Å². The van der Waals surface area contributed by atoms with Crippen molar-refractivity contribution >= 4 is 0 Å². The van der Waals surface area contributed by atoms with Gasteiger partial charge in [-0.15, -0.1) is 0 Å². The Morgan fingerprint density at radius 3 is 1.82 bits per heavy atom. The molecule has 0 saturated carbocycles. The molecule has 0 saturated heterocycles. The van der Waals surface area contributed by atoms with Crippen LogP contribution in [0.25, 0.3) is 0 Å². The molecule has 0 fully saturated rings. The van der Waals surface area contributed by atoms with Gasteiger partial charge in [-0.1, -0.05) is 6.92 Å². The van der Waals surface area contributed by atoms with Gasteiger partial charge in [0.2, 0.25) is 0 Å². The van der Waals surface area contributed by atoms with E-state index in [1.807, 2.05) is 7.05 Å². The zero-order valence-corrected chi connectivity index (χ0v) is 7.94. The molecule has 0 radical (unpaired) electrons. The highest BCUT2D eigenvalue weighted by Crippen LogP contribution is 2.09. The van der Waals surface area contributed by atoms with E-state index in [9.17, 15) is 0 Å². The van der Waals surface area contributed by atoms with Crippen molar-refractivity contribution in [3.8, 4) is 0 Å². The Morgan fingerprint density at radius 1 is 1.18 bits per heavy atom. The van der Waals surface area contributed by atoms with Gasteiger partial charge in [-0.25, -0.2) is 0 Å². The highest BCUT2D eigenvalue weighted by atomic mass is 16.5. The Morgan fingerprint density at radius 2 is 1.64 bits per heavy atom. The van der Waals surface area contributed by atoms with Crippen molar-refractivity contribution in [2.45, 2.75) is 18.9 Å². The Hall–Kier alpha value is -0.120. The summed E-state index contributed by atoms with van der Waals surface area (Å²) >= 11 is 0. The largest absolute Gasteiger partial charge is 0.383 e. The number of hydrogen-bond donors (Lipinski definition) is 1. The standard InChI is InChI=1S/C8H19NO2/c1-5-8(9-2,6-10-3)7-11-4/h9H,5-7H2,1-4H3. The molecular weight excluding hydrogens is 142 g/mol. The van der Waals surface area contributed by atoms with Crippen LogP contribution in [0.3, 0.4) is 0 Å². The fraction of sp³-hybridized carbons (Fsp3) is 1.00. The van der Waals surface area contributed by atoms with Gasteiger partial charge in [-0.05, 0) is 13.5 Å². The van der Waals surface area contributed by atoms with Crippen molar-refractivity contribution in [1.29, 1.82) is 0 Å². The predicted molar refractivity (Wildman–Crippen MR) is 45.8 cm³/mol. The van der Waals surface area contributed by atoms with E-state index in [0.29, 0.717) is 13.2 Å². The molecule has 3 nitrogen and oxygen atoms in total. The molecule has 68 valence electrons. The topological polar surface area (TPSA) is 30.5 Å². The van der Waals surface area contributed by atoms with Crippen LogP contribution in [-0.2, 0) is 9.47 Å². The van der Waals surface area contributed by atoms with E-state index in [0.717, 1.165) is 6.42 Å². The van der Waals surface area contributed by atoms with Crippen LogP contribution in [0.1, 0.15) is 13.3 Å². The summed E-state index contributed by atoms with van der Waals surface area (Å²) in [7, 11) is 5.34. The molecule has 0 aliphatic carbocycles. The highest BCUT2D eigenvalue weighted by molar-refractivity contribution is 4.84. The molecule has 0 aromatic carbocycles. The number of likely N-dealkylation sites (N-methyl/N-ethyl adjacent to an activating group) is 1. The number of nitrogens with one attached hydrogen (secondary N) is 1. The van der Waals surface area contributed by atoms with Gasteiger partial charge >= 0.3 is 0 Å². The van der Waals surface area contributed by atoms with E-state index in [1.54, 1.807) is 14.2 Å². The second-order valence-corrected chi connectivity index (χ2v) is 2.75. The molecule has 0 atom stereocenters. The SMILES string of the molecule is CCC(COC)(COC)NC. The summed E-state index contributed by atoms with van der Waals surface area (Å²) in [6.45, 7) is 3.50. The van der Waals surface area contributed by atoms with E-state index in [1.165, 1.54) is 0 Å². The van der Waals surface area contributed by atoms with Crippen molar-refractivity contribution in [2.24, 2.45) is 0 Å². The lowest BCUT2D eigenvalue weighted by Gasteiger charge is -2.30. The second kappa shape index (κ2) is 5.52. The zero-order valence-electron chi connectivity index (χ0n) is 7.94. The summed E-state index contributed by atoms with van der Waals surface area (Å²) in [6.07, 6.45) is 1.01. The molecular formula is C8H19NO2. The van der Waals surface area contributed by atoms with E-state index in [2.05, 4.69) is 12.2 Å². The number of ether oxygens (including phenoxy) is 2. The van der Waals surface area contributed by atoms with E-state index in [4.69, 9.17) is 9.47 Å². The Kier molecular flexibility index (Phi) is 5.46. The highest BCUT2D eigenvalue weighted by Gasteiger charge is 2.25. The lowest BCUT2D eigenvalue weighted by molar-refractivity contribution is 0.0438. The van der Waals surface area contributed by atoms with Gasteiger partial charge in [0.05, 0.1) is 18.8 Å². The first kappa shape index (κ1) is 10.9. The third-order valence-corrected chi connectivity index (χ3v) is 2.05. The molecule has 1 N–H and O–H groups in total. The van der Waals surface area contributed by atoms with Gasteiger partial charge < -0.3 is 14.8 Å². The maximum Gasteiger partial charge on any atom is 0.0666 e.